The predicted octanol–water partition coefficient (Wildman–Crippen LogP) is 4.43. The van der Waals surface area contributed by atoms with Gasteiger partial charge in [-0.2, -0.15) is 0 Å². The van der Waals surface area contributed by atoms with Crippen LogP contribution in [-0.2, 0) is 6.42 Å². The van der Waals surface area contributed by atoms with Crippen molar-refractivity contribution in [2.75, 3.05) is 10.7 Å². The van der Waals surface area contributed by atoms with E-state index >= 15 is 0 Å². The van der Waals surface area contributed by atoms with E-state index in [2.05, 4.69) is 57.6 Å². The van der Waals surface area contributed by atoms with Crippen molar-refractivity contribution in [3.63, 3.8) is 0 Å². The van der Waals surface area contributed by atoms with Gasteiger partial charge in [-0.3, -0.25) is 0 Å². The van der Waals surface area contributed by atoms with E-state index in [1.165, 1.54) is 4.88 Å². The summed E-state index contributed by atoms with van der Waals surface area (Å²) in [6.07, 6.45) is 3.12. The Balaban J connectivity index is 2.83. The molecule has 0 spiro atoms. The fourth-order valence-corrected chi connectivity index (χ4v) is 5.05. The molecule has 1 nitrogen and oxygen atoms in total. The molecule has 1 rings (SSSR count). The van der Waals surface area contributed by atoms with E-state index in [1.807, 2.05) is 17.5 Å². The molecular weight excluding hydrogens is 338 g/mol. The molecule has 1 aromatic heterocycles. The maximum atomic E-state index is 4.32. The molecule has 86 valence electrons. The van der Waals surface area contributed by atoms with E-state index in [9.17, 15) is 0 Å². The molecule has 0 bridgehead atoms. The van der Waals surface area contributed by atoms with Crippen LogP contribution < -0.4 is 0 Å². The number of aryl methyl sites for hydroxylation is 1. The minimum Gasteiger partial charge on any atom is -0.250 e. The van der Waals surface area contributed by atoms with Crippen molar-refractivity contribution < 1.29 is 0 Å². The topological polar surface area (TPSA) is 12.9 Å². The molecule has 0 amide bonds. The smallest absolute Gasteiger partial charge is 0.0896 e. The van der Waals surface area contributed by atoms with Gasteiger partial charge in [0.2, 0.25) is 0 Å². The lowest BCUT2D eigenvalue weighted by Gasteiger charge is -2.33. The zero-order chi connectivity index (χ0) is 11.5. The Bertz CT molecular complexity index is 305. The molecule has 0 fully saturated rings. The second-order valence-corrected chi connectivity index (χ2v) is 6.75. The zero-order valence-electron chi connectivity index (χ0n) is 9.39. The van der Waals surface area contributed by atoms with Gasteiger partial charge in [-0.1, -0.05) is 45.7 Å². The van der Waals surface area contributed by atoms with Gasteiger partial charge in [0.25, 0.3) is 0 Å². The van der Waals surface area contributed by atoms with E-state index in [-0.39, 0.29) is 0 Å². The quantitative estimate of drug-likeness (QED) is 0.713. The SMILES string of the molecule is Cc1ncc(CC(CBr)(CBr)C(C)C)s1. The largest absolute Gasteiger partial charge is 0.250 e. The lowest BCUT2D eigenvalue weighted by atomic mass is 9.78. The van der Waals surface area contributed by atoms with E-state index < -0.39 is 0 Å². The normalized spacial score (nSPS) is 12.4. The lowest BCUT2D eigenvalue weighted by molar-refractivity contribution is 0.269. The lowest BCUT2D eigenvalue weighted by Crippen LogP contribution is -2.33. The van der Waals surface area contributed by atoms with Crippen LogP contribution in [0.3, 0.4) is 0 Å². The first kappa shape index (κ1) is 13.7. The second-order valence-electron chi connectivity index (χ2n) is 4.31. The Morgan fingerprint density at radius 1 is 1.40 bits per heavy atom. The molecule has 0 radical (unpaired) electrons. The number of hydrogen-bond acceptors (Lipinski definition) is 2. The molecule has 0 N–H and O–H groups in total. The summed E-state index contributed by atoms with van der Waals surface area (Å²) in [5.74, 6) is 0.652. The number of halogens is 2. The predicted molar refractivity (Wildman–Crippen MR) is 75.4 cm³/mol. The highest BCUT2D eigenvalue weighted by atomic mass is 79.9. The van der Waals surface area contributed by atoms with Crippen molar-refractivity contribution in [1.29, 1.82) is 0 Å². The van der Waals surface area contributed by atoms with E-state index in [4.69, 9.17) is 0 Å². The van der Waals surface area contributed by atoms with Gasteiger partial charge in [0.05, 0.1) is 5.01 Å². The summed E-state index contributed by atoms with van der Waals surface area (Å²) in [5.41, 5.74) is 0.305. The molecule has 0 aromatic carbocycles. The number of alkyl halides is 2. The molecule has 15 heavy (non-hydrogen) atoms. The minimum atomic E-state index is 0.305. The van der Waals surface area contributed by atoms with Crippen LogP contribution in [0.1, 0.15) is 23.7 Å². The van der Waals surface area contributed by atoms with Crippen LogP contribution in [0, 0.1) is 18.3 Å². The Labute approximate surface area is 113 Å². The Morgan fingerprint density at radius 3 is 2.33 bits per heavy atom. The van der Waals surface area contributed by atoms with Crippen molar-refractivity contribution in [1.82, 2.24) is 4.98 Å². The number of thiazole rings is 1. The molecule has 4 heteroatoms. The standard InChI is InChI=1S/C11H17Br2NS/c1-8(2)11(6-12,7-13)4-10-5-14-9(3)15-10/h5,8H,4,6-7H2,1-3H3. The number of aromatic nitrogens is 1. The summed E-state index contributed by atoms with van der Waals surface area (Å²) in [6.45, 7) is 6.64. The average molecular weight is 355 g/mol. The second kappa shape index (κ2) is 5.78. The van der Waals surface area contributed by atoms with Crippen molar-refractivity contribution in [3.05, 3.63) is 16.1 Å². The number of nitrogens with zero attached hydrogens (tertiary/aromatic N) is 1. The summed E-state index contributed by atoms with van der Waals surface area (Å²) in [4.78, 5) is 5.71. The van der Waals surface area contributed by atoms with Gasteiger partial charge in [0.1, 0.15) is 0 Å². The number of hydrogen-bond donors (Lipinski definition) is 0. The Kier molecular flexibility index (Phi) is 5.26. The third-order valence-corrected chi connectivity index (χ3v) is 6.10. The zero-order valence-corrected chi connectivity index (χ0v) is 13.4. The molecule has 0 saturated heterocycles. The summed E-state index contributed by atoms with van der Waals surface area (Å²) in [7, 11) is 0. The van der Waals surface area contributed by atoms with Crippen LogP contribution in [0.25, 0.3) is 0 Å². The molecule has 1 heterocycles. The molecule has 0 aliphatic rings. The van der Waals surface area contributed by atoms with Crippen LogP contribution in [-0.4, -0.2) is 15.6 Å². The third-order valence-electron chi connectivity index (χ3n) is 2.95. The fraction of sp³-hybridized carbons (Fsp3) is 0.727. The molecule has 0 aliphatic heterocycles. The number of rotatable bonds is 5. The fourth-order valence-electron chi connectivity index (χ4n) is 1.48. The van der Waals surface area contributed by atoms with Gasteiger partial charge in [0.15, 0.2) is 0 Å². The van der Waals surface area contributed by atoms with Crippen LogP contribution in [0.5, 0.6) is 0 Å². The monoisotopic (exact) mass is 353 g/mol. The highest BCUT2D eigenvalue weighted by Crippen LogP contribution is 2.36. The van der Waals surface area contributed by atoms with Gasteiger partial charge < -0.3 is 0 Å². The maximum absolute atomic E-state index is 4.32. The molecule has 1 aromatic rings. The molecule has 0 atom stereocenters. The third kappa shape index (κ3) is 3.27. The minimum absolute atomic E-state index is 0.305. The van der Waals surface area contributed by atoms with E-state index in [0.29, 0.717) is 11.3 Å². The van der Waals surface area contributed by atoms with Crippen molar-refractivity contribution >= 4 is 43.2 Å². The first-order valence-electron chi connectivity index (χ1n) is 5.07. The maximum Gasteiger partial charge on any atom is 0.0896 e. The van der Waals surface area contributed by atoms with Gasteiger partial charge in [-0.05, 0) is 24.7 Å². The van der Waals surface area contributed by atoms with Gasteiger partial charge in [0, 0.05) is 21.7 Å². The van der Waals surface area contributed by atoms with Gasteiger partial charge in [-0.25, -0.2) is 4.98 Å². The van der Waals surface area contributed by atoms with Crippen LogP contribution in [0.4, 0.5) is 0 Å². The summed E-state index contributed by atoms with van der Waals surface area (Å²) in [5, 5.41) is 3.21. The highest BCUT2D eigenvalue weighted by molar-refractivity contribution is 9.09. The summed E-state index contributed by atoms with van der Waals surface area (Å²) in [6, 6.07) is 0. The summed E-state index contributed by atoms with van der Waals surface area (Å²) < 4.78 is 0. The molecular formula is C11H17Br2NS. The average Bonchev–Trinajstić information content (AvgIpc) is 2.60. The molecule has 0 saturated carbocycles. The summed E-state index contributed by atoms with van der Waals surface area (Å²) >= 11 is 9.11. The molecule has 0 aliphatic carbocycles. The van der Waals surface area contributed by atoms with Gasteiger partial charge in [-0.15, -0.1) is 11.3 Å². The van der Waals surface area contributed by atoms with Crippen molar-refractivity contribution in [2.24, 2.45) is 11.3 Å². The van der Waals surface area contributed by atoms with Gasteiger partial charge >= 0.3 is 0 Å². The van der Waals surface area contributed by atoms with E-state index in [1.54, 1.807) is 0 Å². The first-order valence-corrected chi connectivity index (χ1v) is 8.13. The van der Waals surface area contributed by atoms with Crippen LogP contribution >= 0.6 is 43.2 Å². The van der Waals surface area contributed by atoms with Crippen molar-refractivity contribution in [3.8, 4) is 0 Å². The Hall–Kier alpha value is 0.590. The van der Waals surface area contributed by atoms with Crippen LogP contribution in [0.2, 0.25) is 0 Å². The van der Waals surface area contributed by atoms with Crippen molar-refractivity contribution in [2.45, 2.75) is 27.2 Å². The van der Waals surface area contributed by atoms with Crippen LogP contribution in [0.15, 0.2) is 6.20 Å². The highest BCUT2D eigenvalue weighted by Gasteiger charge is 2.32. The molecule has 0 unspecified atom stereocenters. The first-order chi connectivity index (χ1) is 7.04. The van der Waals surface area contributed by atoms with E-state index in [0.717, 1.165) is 22.1 Å². The Morgan fingerprint density at radius 2 is 2.00 bits per heavy atom.